The smallest absolute Gasteiger partial charge is 0.307 e. The van der Waals surface area contributed by atoms with Gasteiger partial charge in [-0.15, -0.1) is 0 Å². The average molecular weight is 304 g/mol. The molecule has 120 valence electrons. The number of methoxy groups -OCH3 is 1. The van der Waals surface area contributed by atoms with E-state index in [0.29, 0.717) is 0 Å². The molecule has 1 saturated heterocycles. The summed E-state index contributed by atoms with van der Waals surface area (Å²) in [6.45, 7) is 3.54. The van der Waals surface area contributed by atoms with Gasteiger partial charge in [0, 0.05) is 12.6 Å². The van der Waals surface area contributed by atoms with Crippen LogP contribution in [0.4, 0.5) is 0 Å². The summed E-state index contributed by atoms with van der Waals surface area (Å²) in [4.78, 5) is 25.9. The van der Waals surface area contributed by atoms with E-state index in [1.54, 1.807) is 0 Å². The molecule has 0 bridgehead atoms. The number of ether oxygens (including phenoxy) is 1. The number of benzene rings is 1. The lowest BCUT2D eigenvalue weighted by Crippen LogP contribution is -2.46. The molecule has 0 saturated carbocycles. The van der Waals surface area contributed by atoms with Gasteiger partial charge in [0.05, 0.1) is 19.6 Å². The first-order valence-corrected chi connectivity index (χ1v) is 7.75. The van der Waals surface area contributed by atoms with E-state index in [4.69, 9.17) is 0 Å². The minimum Gasteiger partial charge on any atom is -0.469 e. The molecule has 0 unspecified atom stereocenters. The minimum absolute atomic E-state index is 0.00448. The van der Waals surface area contributed by atoms with Crippen LogP contribution in [0.3, 0.4) is 0 Å². The van der Waals surface area contributed by atoms with E-state index >= 15 is 0 Å². The van der Waals surface area contributed by atoms with Crippen molar-refractivity contribution in [1.82, 2.24) is 10.2 Å². The number of hydrogen-bond acceptors (Lipinski definition) is 4. The van der Waals surface area contributed by atoms with E-state index in [0.717, 1.165) is 25.9 Å². The lowest BCUT2D eigenvalue weighted by Gasteiger charge is -2.25. The number of likely N-dealkylation sites (tertiary alicyclic amines) is 1. The second kappa shape index (κ2) is 7.94. The van der Waals surface area contributed by atoms with Crippen molar-refractivity contribution >= 4 is 11.9 Å². The van der Waals surface area contributed by atoms with Crippen molar-refractivity contribution in [3.05, 3.63) is 35.9 Å². The number of esters is 1. The Morgan fingerprint density at radius 2 is 2.09 bits per heavy atom. The van der Waals surface area contributed by atoms with Crippen molar-refractivity contribution < 1.29 is 14.3 Å². The molecule has 1 N–H and O–H groups in total. The number of nitrogens with zero attached hydrogens (tertiary/aromatic N) is 1. The molecule has 1 aromatic carbocycles. The topological polar surface area (TPSA) is 58.6 Å². The first kappa shape index (κ1) is 16.5. The minimum atomic E-state index is -0.305. The molecule has 0 spiro atoms. The summed E-state index contributed by atoms with van der Waals surface area (Å²) in [5.74, 6) is -0.301. The van der Waals surface area contributed by atoms with Crippen molar-refractivity contribution in [2.24, 2.45) is 0 Å². The van der Waals surface area contributed by atoms with Gasteiger partial charge >= 0.3 is 5.97 Å². The molecular weight excluding hydrogens is 280 g/mol. The zero-order chi connectivity index (χ0) is 15.9. The summed E-state index contributed by atoms with van der Waals surface area (Å²) in [6, 6.07) is 9.85. The van der Waals surface area contributed by atoms with Gasteiger partial charge in [-0.2, -0.15) is 0 Å². The largest absolute Gasteiger partial charge is 0.469 e. The zero-order valence-corrected chi connectivity index (χ0v) is 13.2. The van der Waals surface area contributed by atoms with E-state index < -0.39 is 0 Å². The van der Waals surface area contributed by atoms with E-state index in [1.807, 2.05) is 25.1 Å². The molecular formula is C17H24N2O3. The van der Waals surface area contributed by atoms with Gasteiger partial charge in [-0.05, 0) is 31.9 Å². The zero-order valence-electron chi connectivity index (χ0n) is 13.2. The molecule has 1 aliphatic rings. The van der Waals surface area contributed by atoms with Crippen LogP contribution in [-0.2, 0) is 20.9 Å². The van der Waals surface area contributed by atoms with Crippen molar-refractivity contribution in [2.75, 3.05) is 13.7 Å². The van der Waals surface area contributed by atoms with E-state index in [2.05, 4.69) is 27.1 Å². The van der Waals surface area contributed by atoms with Gasteiger partial charge in [-0.1, -0.05) is 30.3 Å². The van der Waals surface area contributed by atoms with Crippen LogP contribution in [-0.4, -0.2) is 42.5 Å². The van der Waals surface area contributed by atoms with Gasteiger partial charge in [0.1, 0.15) is 0 Å². The molecule has 0 aliphatic carbocycles. The molecule has 2 atom stereocenters. The molecule has 1 fully saturated rings. The summed E-state index contributed by atoms with van der Waals surface area (Å²) < 4.78 is 4.63. The third-order valence-corrected chi connectivity index (χ3v) is 3.98. The molecule has 5 heteroatoms. The van der Waals surface area contributed by atoms with Gasteiger partial charge < -0.3 is 10.1 Å². The fraction of sp³-hybridized carbons (Fsp3) is 0.529. The Morgan fingerprint density at radius 1 is 1.36 bits per heavy atom. The molecule has 1 amide bonds. The van der Waals surface area contributed by atoms with Crippen LogP contribution in [0.25, 0.3) is 0 Å². The van der Waals surface area contributed by atoms with Gasteiger partial charge in [-0.3, -0.25) is 14.5 Å². The first-order valence-electron chi connectivity index (χ1n) is 7.75. The van der Waals surface area contributed by atoms with Gasteiger partial charge in [0.2, 0.25) is 5.91 Å². The lowest BCUT2D eigenvalue weighted by atomic mass is 10.1. The lowest BCUT2D eigenvalue weighted by molar-refractivity contribution is -0.141. The van der Waals surface area contributed by atoms with Crippen LogP contribution >= 0.6 is 0 Å². The van der Waals surface area contributed by atoms with E-state index in [1.165, 1.54) is 12.7 Å². The molecule has 22 heavy (non-hydrogen) atoms. The normalized spacial score (nSPS) is 19.6. The standard InChI is InChI=1S/C17H24N2O3/c1-13(11-16(20)22-2)18-17(21)15-9-6-10-19(15)12-14-7-4-3-5-8-14/h3-5,7-8,13,15H,6,9-12H2,1-2H3,(H,18,21)/t13-,15+/m1/s1. The Labute approximate surface area is 131 Å². The van der Waals surface area contributed by atoms with Crippen molar-refractivity contribution in [3.8, 4) is 0 Å². The highest BCUT2D eigenvalue weighted by molar-refractivity contribution is 5.83. The maximum Gasteiger partial charge on any atom is 0.307 e. The molecule has 1 aliphatic heterocycles. The number of hydrogen-bond donors (Lipinski definition) is 1. The van der Waals surface area contributed by atoms with Gasteiger partial charge in [0.15, 0.2) is 0 Å². The predicted molar refractivity (Wildman–Crippen MR) is 84.1 cm³/mol. The molecule has 2 rings (SSSR count). The predicted octanol–water partition coefficient (Wildman–Crippen LogP) is 1.72. The molecule has 0 radical (unpaired) electrons. The number of amides is 1. The Kier molecular flexibility index (Phi) is 5.95. The van der Waals surface area contributed by atoms with Crippen LogP contribution in [0.2, 0.25) is 0 Å². The summed E-state index contributed by atoms with van der Waals surface area (Å²) in [5.41, 5.74) is 1.21. The van der Waals surface area contributed by atoms with Crippen LogP contribution in [0.5, 0.6) is 0 Å². The third-order valence-electron chi connectivity index (χ3n) is 3.98. The van der Waals surface area contributed by atoms with Crippen molar-refractivity contribution in [2.45, 2.75) is 44.8 Å². The fourth-order valence-corrected chi connectivity index (χ4v) is 2.85. The summed E-state index contributed by atoms with van der Waals surface area (Å²) in [6.07, 6.45) is 2.09. The first-order chi connectivity index (χ1) is 10.6. The quantitative estimate of drug-likeness (QED) is 0.813. The maximum absolute atomic E-state index is 12.4. The van der Waals surface area contributed by atoms with Crippen LogP contribution in [0.1, 0.15) is 31.7 Å². The molecule has 1 aromatic rings. The highest BCUT2D eigenvalue weighted by atomic mass is 16.5. The number of carbonyl (C=O) groups is 2. The summed E-state index contributed by atoms with van der Waals surface area (Å²) >= 11 is 0. The Bertz CT molecular complexity index is 504. The Morgan fingerprint density at radius 3 is 2.77 bits per heavy atom. The number of carbonyl (C=O) groups excluding carboxylic acids is 2. The van der Waals surface area contributed by atoms with Gasteiger partial charge in [-0.25, -0.2) is 0 Å². The third kappa shape index (κ3) is 4.56. The summed E-state index contributed by atoms with van der Waals surface area (Å²) in [5, 5.41) is 2.92. The molecule has 1 heterocycles. The molecule has 5 nitrogen and oxygen atoms in total. The van der Waals surface area contributed by atoms with E-state index in [-0.39, 0.29) is 30.4 Å². The van der Waals surface area contributed by atoms with Crippen LogP contribution in [0, 0.1) is 0 Å². The Hall–Kier alpha value is -1.88. The van der Waals surface area contributed by atoms with Crippen molar-refractivity contribution in [1.29, 1.82) is 0 Å². The highest BCUT2D eigenvalue weighted by Gasteiger charge is 2.31. The van der Waals surface area contributed by atoms with Crippen molar-refractivity contribution in [3.63, 3.8) is 0 Å². The van der Waals surface area contributed by atoms with Gasteiger partial charge in [0.25, 0.3) is 0 Å². The SMILES string of the molecule is COC(=O)C[C@@H](C)NC(=O)[C@@H]1CCCN1Cc1ccccc1. The highest BCUT2D eigenvalue weighted by Crippen LogP contribution is 2.20. The van der Waals surface area contributed by atoms with E-state index in [9.17, 15) is 9.59 Å². The number of rotatable bonds is 6. The second-order valence-corrected chi connectivity index (χ2v) is 5.80. The Balaban J connectivity index is 1.89. The number of nitrogens with one attached hydrogen (secondary N) is 1. The monoisotopic (exact) mass is 304 g/mol. The summed E-state index contributed by atoms with van der Waals surface area (Å²) in [7, 11) is 1.36. The average Bonchev–Trinajstić information content (AvgIpc) is 2.96. The van der Waals surface area contributed by atoms with Crippen LogP contribution < -0.4 is 5.32 Å². The maximum atomic E-state index is 12.4. The van der Waals surface area contributed by atoms with Crippen LogP contribution in [0.15, 0.2) is 30.3 Å². The fourth-order valence-electron chi connectivity index (χ4n) is 2.85. The second-order valence-electron chi connectivity index (χ2n) is 5.80. The molecule has 0 aromatic heterocycles.